The van der Waals surface area contributed by atoms with Crippen molar-refractivity contribution in [2.75, 3.05) is 6.54 Å². The number of nitrogens with one attached hydrogen (secondary N) is 1. The second-order valence-electron chi connectivity index (χ2n) is 6.31. The van der Waals surface area contributed by atoms with Crippen molar-refractivity contribution in [3.05, 3.63) is 0 Å². The van der Waals surface area contributed by atoms with Gasteiger partial charge in [0.1, 0.15) is 12.1 Å². The lowest BCUT2D eigenvalue weighted by atomic mass is 9.81. The molecule has 1 saturated carbocycles. The van der Waals surface area contributed by atoms with E-state index in [0.29, 0.717) is 5.92 Å². The molecule has 4 heteroatoms. The third-order valence-corrected chi connectivity index (χ3v) is 4.72. The number of hydrogen-bond donors (Lipinski definition) is 1. The third kappa shape index (κ3) is 3.33. The molecule has 2 atom stereocenters. The number of amides is 2. The molecule has 4 nitrogen and oxygen atoms in total. The Balaban J connectivity index is 2.09. The van der Waals surface area contributed by atoms with Crippen molar-refractivity contribution in [2.45, 2.75) is 77.3 Å². The van der Waals surface area contributed by atoms with Gasteiger partial charge in [-0.2, -0.15) is 0 Å². The van der Waals surface area contributed by atoms with Crippen LogP contribution in [0.5, 0.6) is 0 Å². The maximum Gasteiger partial charge on any atom is 0.245 e. The first-order valence-electron chi connectivity index (χ1n) is 8.26. The molecule has 114 valence electrons. The molecule has 1 aliphatic carbocycles. The minimum absolute atomic E-state index is 0.0699. The van der Waals surface area contributed by atoms with Crippen LogP contribution in [0.25, 0.3) is 0 Å². The van der Waals surface area contributed by atoms with E-state index in [1.165, 1.54) is 19.3 Å². The molecule has 0 radical (unpaired) electrons. The molecule has 0 aromatic heterocycles. The Morgan fingerprint density at radius 3 is 2.50 bits per heavy atom. The molecule has 1 aliphatic heterocycles. The molecule has 1 saturated heterocycles. The molecule has 2 unspecified atom stereocenters. The van der Waals surface area contributed by atoms with Crippen LogP contribution in [-0.4, -0.2) is 35.3 Å². The van der Waals surface area contributed by atoms with Gasteiger partial charge in [0.05, 0.1) is 0 Å². The van der Waals surface area contributed by atoms with Crippen molar-refractivity contribution in [2.24, 2.45) is 5.92 Å². The van der Waals surface area contributed by atoms with Crippen LogP contribution in [0.15, 0.2) is 0 Å². The van der Waals surface area contributed by atoms with Crippen LogP contribution in [0.4, 0.5) is 0 Å². The molecule has 0 bridgehead atoms. The van der Waals surface area contributed by atoms with Gasteiger partial charge >= 0.3 is 0 Å². The van der Waals surface area contributed by atoms with Gasteiger partial charge < -0.3 is 10.2 Å². The van der Waals surface area contributed by atoms with E-state index < -0.39 is 0 Å². The van der Waals surface area contributed by atoms with Crippen LogP contribution in [0.3, 0.4) is 0 Å². The van der Waals surface area contributed by atoms with Gasteiger partial charge in [0.2, 0.25) is 11.8 Å². The lowest BCUT2D eigenvalue weighted by Crippen LogP contribution is -2.64. The molecule has 0 spiro atoms. The summed E-state index contributed by atoms with van der Waals surface area (Å²) in [6.45, 7) is 4.70. The number of rotatable bonds is 5. The number of carbonyl (C=O) groups is 2. The normalized spacial score (nSPS) is 28.6. The minimum atomic E-state index is -0.357. The average Bonchev–Trinajstić information content (AvgIpc) is 2.45. The van der Waals surface area contributed by atoms with Crippen molar-refractivity contribution in [3.8, 4) is 0 Å². The summed E-state index contributed by atoms with van der Waals surface area (Å²) in [5, 5.41) is 2.87. The topological polar surface area (TPSA) is 49.4 Å². The van der Waals surface area contributed by atoms with E-state index in [2.05, 4.69) is 12.2 Å². The Labute approximate surface area is 122 Å². The van der Waals surface area contributed by atoms with Crippen molar-refractivity contribution in [1.82, 2.24) is 10.2 Å². The van der Waals surface area contributed by atoms with E-state index in [-0.39, 0.29) is 23.9 Å². The van der Waals surface area contributed by atoms with E-state index >= 15 is 0 Å². The summed E-state index contributed by atoms with van der Waals surface area (Å²) < 4.78 is 0. The summed E-state index contributed by atoms with van der Waals surface area (Å²) in [5.41, 5.74) is 0. The van der Waals surface area contributed by atoms with Gasteiger partial charge in [0, 0.05) is 6.54 Å². The van der Waals surface area contributed by atoms with E-state index in [1.54, 1.807) is 6.92 Å². The Morgan fingerprint density at radius 2 is 1.85 bits per heavy atom. The Hall–Kier alpha value is -1.06. The zero-order chi connectivity index (χ0) is 14.5. The summed E-state index contributed by atoms with van der Waals surface area (Å²) in [6.07, 6.45) is 9.10. The molecular formula is C16H28N2O2. The molecule has 2 fully saturated rings. The van der Waals surface area contributed by atoms with Crippen LogP contribution in [-0.2, 0) is 9.59 Å². The van der Waals surface area contributed by atoms with Crippen molar-refractivity contribution in [1.29, 1.82) is 0 Å². The fourth-order valence-corrected chi connectivity index (χ4v) is 3.59. The lowest BCUT2D eigenvalue weighted by Gasteiger charge is -2.42. The van der Waals surface area contributed by atoms with Crippen LogP contribution < -0.4 is 5.32 Å². The molecule has 2 rings (SSSR count). The van der Waals surface area contributed by atoms with Crippen molar-refractivity contribution >= 4 is 11.8 Å². The van der Waals surface area contributed by atoms with Crippen LogP contribution in [0.2, 0.25) is 0 Å². The molecule has 0 aromatic carbocycles. The number of piperazine rings is 1. The second-order valence-corrected chi connectivity index (χ2v) is 6.31. The maximum absolute atomic E-state index is 12.4. The Morgan fingerprint density at radius 1 is 1.15 bits per heavy atom. The zero-order valence-electron chi connectivity index (χ0n) is 12.9. The third-order valence-electron chi connectivity index (χ3n) is 4.72. The standard InChI is InChI=1S/C16H28N2O2/c1-3-4-8-11-18-14(13-9-6-5-7-10-13)15(19)17-12(2)16(18)20/h12-14H,3-11H2,1-2H3,(H,17,19). The SMILES string of the molecule is CCCCCN1C(=O)C(C)NC(=O)C1C1CCCCC1. The highest BCUT2D eigenvalue weighted by atomic mass is 16.2. The highest BCUT2D eigenvalue weighted by Crippen LogP contribution is 2.31. The molecule has 20 heavy (non-hydrogen) atoms. The van der Waals surface area contributed by atoms with Gasteiger partial charge in [-0.1, -0.05) is 39.0 Å². The van der Waals surface area contributed by atoms with Gasteiger partial charge in [-0.3, -0.25) is 9.59 Å². The first kappa shape index (κ1) is 15.3. The largest absolute Gasteiger partial charge is 0.343 e. The van der Waals surface area contributed by atoms with E-state index in [1.807, 2.05) is 4.90 Å². The molecule has 1 N–H and O–H groups in total. The van der Waals surface area contributed by atoms with Gasteiger partial charge in [0.25, 0.3) is 0 Å². The number of carbonyl (C=O) groups excluding carboxylic acids is 2. The molecule has 0 aromatic rings. The summed E-state index contributed by atoms with van der Waals surface area (Å²) >= 11 is 0. The van der Waals surface area contributed by atoms with Crippen molar-refractivity contribution in [3.63, 3.8) is 0 Å². The Bertz CT molecular complexity index is 350. The van der Waals surface area contributed by atoms with Gasteiger partial charge in [-0.15, -0.1) is 0 Å². The first-order chi connectivity index (χ1) is 9.65. The highest BCUT2D eigenvalue weighted by molar-refractivity contribution is 5.96. The van der Waals surface area contributed by atoms with E-state index in [9.17, 15) is 9.59 Å². The number of unbranched alkanes of at least 4 members (excludes halogenated alkanes) is 2. The molecule has 2 amide bonds. The monoisotopic (exact) mass is 280 g/mol. The van der Waals surface area contributed by atoms with Crippen molar-refractivity contribution < 1.29 is 9.59 Å². The van der Waals surface area contributed by atoms with E-state index in [0.717, 1.165) is 38.6 Å². The first-order valence-corrected chi connectivity index (χ1v) is 8.26. The summed E-state index contributed by atoms with van der Waals surface area (Å²) in [4.78, 5) is 26.7. The summed E-state index contributed by atoms with van der Waals surface area (Å²) in [5.74, 6) is 0.540. The lowest BCUT2D eigenvalue weighted by molar-refractivity contribution is -0.151. The summed E-state index contributed by atoms with van der Waals surface area (Å²) in [7, 11) is 0. The maximum atomic E-state index is 12.4. The van der Waals surface area contributed by atoms with Gasteiger partial charge in [-0.05, 0) is 32.1 Å². The predicted molar refractivity (Wildman–Crippen MR) is 79.2 cm³/mol. The average molecular weight is 280 g/mol. The molecular weight excluding hydrogens is 252 g/mol. The van der Waals surface area contributed by atoms with E-state index in [4.69, 9.17) is 0 Å². The fourth-order valence-electron chi connectivity index (χ4n) is 3.59. The Kier molecular flexibility index (Phi) is 5.44. The summed E-state index contributed by atoms with van der Waals surface area (Å²) in [6, 6.07) is -0.570. The smallest absolute Gasteiger partial charge is 0.245 e. The second kappa shape index (κ2) is 7.09. The minimum Gasteiger partial charge on any atom is -0.343 e. The van der Waals surface area contributed by atoms with Gasteiger partial charge in [0.15, 0.2) is 0 Å². The predicted octanol–water partition coefficient (Wildman–Crippen LogP) is 2.47. The molecule has 2 aliphatic rings. The van der Waals surface area contributed by atoms with Crippen LogP contribution in [0, 0.1) is 5.92 Å². The zero-order valence-corrected chi connectivity index (χ0v) is 12.9. The fraction of sp³-hybridized carbons (Fsp3) is 0.875. The number of nitrogens with zero attached hydrogens (tertiary/aromatic N) is 1. The van der Waals surface area contributed by atoms with Crippen LogP contribution in [0.1, 0.15) is 65.2 Å². The van der Waals surface area contributed by atoms with Gasteiger partial charge in [-0.25, -0.2) is 0 Å². The number of hydrogen-bond acceptors (Lipinski definition) is 2. The quantitative estimate of drug-likeness (QED) is 0.787. The molecule has 1 heterocycles. The highest BCUT2D eigenvalue weighted by Gasteiger charge is 2.42. The van der Waals surface area contributed by atoms with Crippen LogP contribution >= 0.6 is 0 Å².